The molecule has 0 N–H and O–H groups in total. The summed E-state index contributed by atoms with van der Waals surface area (Å²) in [5, 5.41) is 0. The first-order chi connectivity index (χ1) is 14.6. The van der Waals surface area contributed by atoms with Gasteiger partial charge in [0.15, 0.2) is 11.5 Å². The Morgan fingerprint density at radius 2 is 1.87 bits per heavy atom. The predicted molar refractivity (Wildman–Crippen MR) is 115 cm³/mol. The first-order valence-electron chi connectivity index (χ1n) is 10.0. The van der Waals surface area contributed by atoms with E-state index in [1.54, 1.807) is 20.4 Å². The molecule has 0 aliphatic carbocycles. The van der Waals surface area contributed by atoms with Crippen LogP contribution >= 0.6 is 0 Å². The summed E-state index contributed by atoms with van der Waals surface area (Å²) in [6, 6.07) is 11.4. The standard InChI is InChI=1S/C22H25N5O3/c1-25-20-17(7-5-11-23-20)24-21(22(25)29)27-14-12-26(13-15-27)19(28)10-9-16-6-3-4-8-18(16)30-2/h3-8,11H,9-10,12-15H2,1-2H3. The third-order valence-electron chi connectivity index (χ3n) is 5.54. The molecule has 4 rings (SSSR count). The summed E-state index contributed by atoms with van der Waals surface area (Å²) in [5.74, 6) is 1.34. The molecule has 3 aromatic rings. The number of anilines is 1. The number of carbonyl (C=O) groups is 1. The number of benzene rings is 1. The van der Waals surface area contributed by atoms with E-state index in [1.807, 2.05) is 46.2 Å². The van der Waals surface area contributed by atoms with Crippen molar-refractivity contribution in [2.75, 3.05) is 38.2 Å². The summed E-state index contributed by atoms with van der Waals surface area (Å²) >= 11 is 0. The maximum atomic E-state index is 12.7. The molecule has 0 saturated carbocycles. The van der Waals surface area contributed by atoms with Crippen LogP contribution in [-0.2, 0) is 18.3 Å². The van der Waals surface area contributed by atoms with Crippen LogP contribution in [0.15, 0.2) is 47.4 Å². The molecule has 8 heteroatoms. The molecule has 1 amide bonds. The van der Waals surface area contributed by atoms with Crippen LogP contribution in [0.5, 0.6) is 5.75 Å². The third-order valence-corrected chi connectivity index (χ3v) is 5.54. The molecule has 8 nitrogen and oxygen atoms in total. The second-order valence-corrected chi connectivity index (χ2v) is 7.33. The van der Waals surface area contributed by atoms with Crippen LogP contribution in [-0.4, -0.2) is 58.6 Å². The third kappa shape index (κ3) is 3.85. The van der Waals surface area contributed by atoms with Crippen LogP contribution < -0.4 is 15.2 Å². The Balaban J connectivity index is 1.40. The number of hydrogen-bond donors (Lipinski definition) is 0. The molecule has 1 aromatic carbocycles. The maximum Gasteiger partial charge on any atom is 0.294 e. The van der Waals surface area contributed by atoms with E-state index < -0.39 is 0 Å². The van der Waals surface area contributed by atoms with Crippen molar-refractivity contribution in [3.63, 3.8) is 0 Å². The molecular weight excluding hydrogens is 382 g/mol. The number of ether oxygens (including phenoxy) is 1. The summed E-state index contributed by atoms with van der Waals surface area (Å²) in [5.41, 5.74) is 2.11. The predicted octanol–water partition coefficient (Wildman–Crippen LogP) is 1.62. The summed E-state index contributed by atoms with van der Waals surface area (Å²) in [7, 11) is 3.35. The normalized spacial score (nSPS) is 14.2. The molecule has 0 atom stereocenters. The van der Waals surface area contributed by atoms with E-state index >= 15 is 0 Å². The lowest BCUT2D eigenvalue weighted by Gasteiger charge is -2.35. The molecule has 1 fully saturated rings. The quantitative estimate of drug-likeness (QED) is 0.639. The zero-order valence-corrected chi connectivity index (χ0v) is 17.2. The second kappa shape index (κ2) is 8.52. The molecule has 0 spiro atoms. The Labute approximate surface area is 174 Å². The number of fused-ring (bicyclic) bond motifs is 1. The Morgan fingerprint density at radius 1 is 1.10 bits per heavy atom. The van der Waals surface area contributed by atoms with Crippen molar-refractivity contribution in [1.29, 1.82) is 0 Å². The lowest BCUT2D eigenvalue weighted by atomic mass is 10.1. The molecule has 3 heterocycles. The monoisotopic (exact) mass is 407 g/mol. The Hall–Kier alpha value is -3.42. The highest BCUT2D eigenvalue weighted by atomic mass is 16.5. The van der Waals surface area contributed by atoms with Gasteiger partial charge in [-0.2, -0.15) is 0 Å². The number of carbonyl (C=O) groups excluding carboxylic acids is 1. The number of aryl methyl sites for hydroxylation is 2. The first kappa shape index (κ1) is 19.9. The van der Waals surface area contributed by atoms with Gasteiger partial charge in [-0.15, -0.1) is 0 Å². The number of pyridine rings is 1. The van der Waals surface area contributed by atoms with Crippen molar-refractivity contribution in [3.8, 4) is 5.75 Å². The van der Waals surface area contributed by atoms with Crippen LogP contribution in [0.1, 0.15) is 12.0 Å². The minimum atomic E-state index is -0.169. The topological polar surface area (TPSA) is 80.6 Å². The van der Waals surface area contributed by atoms with Crippen LogP contribution in [0.25, 0.3) is 11.2 Å². The van der Waals surface area contributed by atoms with E-state index in [1.165, 1.54) is 4.57 Å². The minimum absolute atomic E-state index is 0.115. The van der Waals surface area contributed by atoms with Gasteiger partial charge in [-0.1, -0.05) is 18.2 Å². The highest BCUT2D eigenvalue weighted by Gasteiger charge is 2.24. The van der Waals surface area contributed by atoms with Crippen molar-refractivity contribution in [2.24, 2.45) is 7.05 Å². The zero-order chi connectivity index (χ0) is 21.1. The van der Waals surface area contributed by atoms with Crippen molar-refractivity contribution in [2.45, 2.75) is 12.8 Å². The van der Waals surface area contributed by atoms with Gasteiger partial charge in [0, 0.05) is 45.8 Å². The van der Waals surface area contributed by atoms with Gasteiger partial charge in [0.05, 0.1) is 7.11 Å². The van der Waals surface area contributed by atoms with E-state index in [0.29, 0.717) is 56.0 Å². The number of hydrogen-bond acceptors (Lipinski definition) is 6. The number of nitrogens with zero attached hydrogens (tertiary/aromatic N) is 5. The molecule has 30 heavy (non-hydrogen) atoms. The van der Waals surface area contributed by atoms with Crippen molar-refractivity contribution in [3.05, 3.63) is 58.5 Å². The van der Waals surface area contributed by atoms with E-state index in [2.05, 4.69) is 9.97 Å². The minimum Gasteiger partial charge on any atom is -0.496 e. The SMILES string of the molecule is COc1ccccc1CCC(=O)N1CCN(c2nc3cccnc3n(C)c2=O)CC1. The van der Waals surface area contributed by atoms with Crippen LogP contribution in [0.4, 0.5) is 5.82 Å². The summed E-state index contributed by atoms with van der Waals surface area (Å²) in [6.45, 7) is 2.30. The van der Waals surface area contributed by atoms with E-state index in [-0.39, 0.29) is 11.5 Å². The average Bonchev–Trinajstić information content (AvgIpc) is 2.80. The number of amides is 1. The highest BCUT2D eigenvalue weighted by Crippen LogP contribution is 2.20. The van der Waals surface area contributed by atoms with Crippen molar-refractivity contribution < 1.29 is 9.53 Å². The van der Waals surface area contributed by atoms with Gasteiger partial charge in [0.1, 0.15) is 11.3 Å². The van der Waals surface area contributed by atoms with Crippen molar-refractivity contribution in [1.82, 2.24) is 19.4 Å². The largest absolute Gasteiger partial charge is 0.496 e. The Kier molecular flexibility index (Phi) is 5.65. The first-order valence-corrected chi connectivity index (χ1v) is 10.0. The average molecular weight is 407 g/mol. The maximum absolute atomic E-state index is 12.7. The Bertz CT molecular complexity index is 1120. The number of para-hydroxylation sites is 1. The number of piperazine rings is 1. The molecule has 0 bridgehead atoms. The fraction of sp³-hybridized carbons (Fsp3) is 0.364. The Morgan fingerprint density at radius 3 is 2.63 bits per heavy atom. The molecule has 2 aromatic heterocycles. The van der Waals surface area contributed by atoms with Crippen LogP contribution in [0.3, 0.4) is 0 Å². The fourth-order valence-electron chi connectivity index (χ4n) is 3.83. The van der Waals surface area contributed by atoms with Gasteiger partial charge < -0.3 is 14.5 Å². The van der Waals surface area contributed by atoms with E-state index in [4.69, 9.17) is 4.74 Å². The smallest absolute Gasteiger partial charge is 0.294 e. The van der Waals surface area contributed by atoms with Crippen LogP contribution in [0.2, 0.25) is 0 Å². The van der Waals surface area contributed by atoms with Gasteiger partial charge in [-0.3, -0.25) is 14.2 Å². The van der Waals surface area contributed by atoms with Gasteiger partial charge >= 0.3 is 0 Å². The zero-order valence-electron chi connectivity index (χ0n) is 17.2. The number of rotatable bonds is 5. The van der Waals surface area contributed by atoms with Gasteiger partial charge in [-0.05, 0) is 30.2 Å². The van der Waals surface area contributed by atoms with E-state index in [9.17, 15) is 9.59 Å². The van der Waals surface area contributed by atoms with Gasteiger partial charge in [0.2, 0.25) is 5.91 Å². The molecular formula is C22H25N5O3. The number of methoxy groups -OCH3 is 1. The molecule has 156 valence electrons. The van der Waals surface area contributed by atoms with Gasteiger partial charge in [0.25, 0.3) is 5.56 Å². The molecule has 0 unspecified atom stereocenters. The molecule has 1 saturated heterocycles. The second-order valence-electron chi connectivity index (χ2n) is 7.33. The lowest BCUT2D eigenvalue weighted by Crippen LogP contribution is -2.50. The molecule has 1 aliphatic rings. The lowest BCUT2D eigenvalue weighted by molar-refractivity contribution is -0.131. The van der Waals surface area contributed by atoms with E-state index in [0.717, 1.165) is 11.3 Å². The number of aromatic nitrogens is 3. The summed E-state index contributed by atoms with van der Waals surface area (Å²) in [6.07, 6.45) is 2.73. The highest BCUT2D eigenvalue weighted by molar-refractivity contribution is 5.77. The summed E-state index contributed by atoms with van der Waals surface area (Å²) < 4.78 is 6.89. The molecule has 1 aliphatic heterocycles. The van der Waals surface area contributed by atoms with Crippen molar-refractivity contribution >= 4 is 22.9 Å². The molecule has 0 radical (unpaired) electrons. The van der Waals surface area contributed by atoms with Gasteiger partial charge in [-0.25, -0.2) is 9.97 Å². The van der Waals surface area contributed by atoms with Crippen LogP contribution in [0, 0.1) is 0 Å². The fourth-order valence-corrected chi connectivity index (χ4v) is 3.83. The summed E-state index contributed by atoms with van der Waals surface area (Å²) in [4.78, 5) is 38.0.